The Balaban J connectivity index is 1.70. The van der Waals surface area contributed by atoms with Gasteiger partial charge in [-0.2, -0.15) is 0 Å². The summed E-state index contributed by atoms with van der Waals surface area (Å²) in [5.74, 6) is 1.38. The van der Waals surface area contributed by atoms with E-state index in [4.69, 9.17) is 9.47 Å². The van der Waals surface area contributed by atoms with E-state index < -0.39 is 0 Å². The fourth-order valence-electron chi connectivity index (χ4n) is 2.60. The molecule has 3 aromatic rings. The summed E-state index contributed by atoms with van der Waals surface area (Å²) in [5, 5.41) is 5.92. The minimum absolute atomic E-state index is 0.111. The summed E-state index contributed by atoms with van der Waals surface area (Å²) in [5.41, 5.74) is 1.63. The molecule has 1 heterocycles. The number of aromatic nitrogens is 2. The largest absolute Gasteiger partial charge is 0.492 e. The lowest BCUT2D eigenvalue weighted by molar-refractivity contribution is 0.102. The second-order valence-electron chi connectivity index (χ2n) is 6.46. The first-order valence-electron chi connectivity index (χ1n) is 9.45. The number of hydrogen-bond donors (Lipinski definition) is 2. The molecule has 0 atom stereocenters. The molecule has 0 bridgehead atoms. The van der Waals surface area contributed by atoms with Crippen molar-refractivity contribution in [2.75, 3.05) is 17.2 Å². The van der Waals surface area contributed by atoms with Crippen LogP contribution in [0, 0.1) is 0 Å². The van der Waals surface area contributed by atoms with E-state index in [1.807, 2.05) is 57.2 Å². The maximum absolute atomic E-state index is 12.6. The number of amides is 1. The van der Waals surface area contributed by atoms with Crippen molar-refractivity contribution in [3.05, 3.63) is 66.5 Å². The molecule has 0 spiro atoms. The van der Waals surface area contributed by atoms with E-state index in [9.17, 15) is 4.79 Å². The van der Waals surface area contributed by atoms with Crippen LogP contribution >= 0.6 is 0 Å². The summed E-state index contributed by atoms with van der Waals surface area (Å²) in [6.07, 6.45) is 1.65. The van der Waals surface area contributed by atoms with Gasteiger partial charge in [-0.1, -0.05) is 12.1 Å². The summed E-state index contributed by atoms with van der Waals surface area (Å²) in [7, 11) is 0. The van der Waals surface area contributed by atoms with Crippen molar-refractivity contribution >= 4 is 23.2 Å². The van der Waals surface area contributed by atoms with Gasteiger partial charge in [-0.05, 0) is 63.2 Å². The van der Waals surface area contributed by atoms with Gasteiger partial charge in [-0.25, -0.2) is 9.97 Å². The molecule has 0 radical (unpaired) electrons. The van der Waals surface area contributed by atoms with Crippen LogP contribution in [0.2, 0.25) is 0 Å². The predicted octanol–water partition coefficient (Wildman–Crippen LogP) is 4.66. The molecule has 0 unspecified atom stereocenters. The van der Waals surface area contributed by atoms with Crippen LogP contribution < -0.4 is 20.1 Å². The molecule has 2 aromatic carbocycles. The molecule has 0 saturated heterocycles. The van der Waals surface area contributed by atoms with E-state index in [0.29, 0.717) is 24.0 Å². The van der Waals surface area contributed by atoms with Crippen LogP contribution in [-0.2, 0) is 0 Å². The molecule has 0 fully saturated rings. The molecule has 0 aliphatic rings. The van der Waals surface area contributed by atoms with E-state index >= 15 is 0 Å². The van der Waals surface area contributed by atoms with Gasteiger partial charge in [0, 0.05) is 11.9 Å². The molecule has 1 amide bonds. The molecule has 1 aromatic heterocycles. The number of anilines is 3. The van der Waals surface area contributed by atoms with Crippen LogP contribution in [0.15, 0.2) is 60.8 Å². The Morgan fingerprint density at radius 2 is 1.83 bits per heavy atom. The number of para-hydroxylation sites is 2. The lowest BCUT2D eigenvalue weighted by Gasteiger charge is -2.12. The molecule has 0 aliphatic carbocycles. The summed E-state index contributed by atoms with van der Waals surface area (Å²) < 4.78 is 11.2. The first-order valence-corrected chi connectivity index (χ1v) is 9.45. The van der Waals surface area contributed by atoms with Crippen LogP contribution in [0.3, 0.4) is 0 Å². The first kappa shape index (κ1) is 20.1. The van der Waals surface area contributed by atoms with Gasteiger partial charge in [0.1, 0.15) is 17.2 Å². The Labute approximate surface area is 170 Å². The third kappa shape index (κ3) is 5.68. The van der Waals surface area contributed by atoms with Crippen molar-refractivity contribution in [1.29, 1.82) is 0 Å². The molecule has 0 aliphatic heterocycles. The molecule has 3 rings (SSSR count). The smallest absolute Gasteiger partial charge is 0.274 e. The number of ether oxygens (including phenoxy) is 2. The highest BCUT2D eigenvalue weighted by Gasteiger charge is 2.12. The Morgan fingerprint density at radius 1 is 1.07 bits per heavy atom. The van der Waals surface area contributed by atoms with Gasteiger partial charge in [0.2, 0.25) is 5.95 Å². The number of nitrogens with zero attached hydrogens (tertiary/aromatic N) is 2. The van der Waals surface area contributed by atoms with Crippen molar-refractivity contribution in [3.63, 3.8) is 0 Å². The van der Waals surface area contributed by atoms with Gasteiger partial charge in [0.05, 0.1) is 18.4 Å². The molecule has 7 nitrogen and oxygen atoms in total. The first-order chi connectivity index (χ1) is 14.0. The minimum Gasteiger partial charge on any atom is -0.492 e. The van der Waals surface area contributed by atoms with Gasteiger partial charge in [0.15, 0.2) is 0 Å². The summed E-state index contributed by atoms with van der Waals surface area (Å²) in [6.45, 7) is 6.35. The van der Waals surface area contributed by atoms with E-state index in [0.717, 1.165) is 11.4 Å². The van der Waals surface area contributed by atoms with E-state index in [-0.39, 0.29) is 17.7 Å². The molecule has 150 valence electrons. The number of hydrogen-bond acceptors (Lipinski definition) is 6. The monoisotopic (exact) mass is 392 g/mol. The van der Waals surface area contributed by atoms with Crippen molar-refractivity contribution < 1.29 is 14.3 Å². The standard InChI is InChI=1S/C22H24N4O3/c1-4-28-20-8-6-5-7-18(20)25-21(27)19-13-14-23-22(26-19)24-16-9-11-17(12-10-16)29-15(2)3/h5-15H,4H2,1-3H3,(H,25,27)(H,23,24,26). The van der Waals surface area contributed by atoms with Crippen LogP contribution in [0.1, 0.15) is 31.3 Å². The Kier molecular flexibility index (Phi) is 6.63. The fraction of sp³-hybridized carbons (Fsp3) is 0.227. The van der Waals surface area contributed by atoms with Gasteiger partial charge in [0.25, 0.3) is 5.91 Å². The fourth-order valence-corrected chi connectivity index (χ4v) is 2.60. The van der Waals surface area contributed by atoms with Gasteiger partial charge < -0.3 is 20.1 Å². The summed E-state index contributed by atoms with van der Waals surface area (Å²) >= 11 is 0. The molecule has 2 N–H and O–H groups in total. The lowest BCUT2D eigenvalue weighted by Crippen LogP contribution is -2.15. The number of carbonyl (C=O) groups is 1. The quantitative estimate of drug-likeness (QED) is 0.580. The van der Waals surface area contributed by atoms with E-state index in [1.54, 1.807) is 18.2 Å². The van der Waals surface area contributed by atoms with Crippen molar-refractivity contribution in [3.8, 4) is 11.5 Å². The van der Waals surface area contributed by atoms with Crippen LogP contribution in [-0.4, -0.2) is 28.6 Å². The average molecular weight is 392 g/mol. The number of rotatable bonds is 8. The highest BCUT2D eigenvalue weighted by atomic mass is 16.5. The second kappa shape index (κ2) is 9.54. The van der Waals surface area contributed by atoms with E-state index in [2.05, 4.69) is 20.6 Å². The number of benzene rings is 2. The molecular formula is C22H24N4O3. The molecule has 0 saturated carbocycles. The highest BCUT2D eigenvalue weighted by Crippen LogP contribution is 2.24. The average Bonchev–Trinajstić information content (AvgIpc) is 2.71. The summed E-state index contributed by atoms with van der Waals surface area (Å²) in [6, 6.07) is 16.3. The maximum atomic E-state index is 12.6. The van der Waals surface area contributed by atoms with E-state index in [1.165, 1.54) is 6.20 Å². The molecular weight excluding hydrogens is 368 g/mol. The molecule has 29 heavy (non-hydrogen) atoms. The second-order valence-corrected chi connectivity index (χ2v) is 6.46. The Bertz CT molecular complexity index is 958. The Hall–Kier alpha value is -3.61. The number of carbonyl (C=O) groups excluding carboxylic acids is 1. The lowest BCUT2D eigenvalue weighted by atomic mass is 10.2. The zero-order valence-electron chi connectivity index (χ0n) is 16.7. The topological polar surface area (TPSA) is 85.4 Å². The predicted molar refractivity (Wildman–Crippen MR) is 113 cm³/mol. The minimum atomic E-state index is -0.344. The highest BCUT2D eigenvalue weighted by molar-refractivity contribution is 6.03. The van der Waals surface area contributed by atoms with Gasteiger partial charge >= 0.3 is 0 Å². The van der Waals surface area contributed by atoms with Crippen molar-refractivity contribution in [1.82, 2.24) is 9.97 Å². The SMILES string of the molecule is CCOc1ccccc1NC(=O)c1ccnc(Nc2ccc(OC(C)C)cc2)n1. The summed E-state index contributed by atoms with van der Waals surface area (Å²) in [4.78, 5) is 21.1. The zero-order valence-corrected chi connectivity index (χ0v) is 16.7. The number of nitrogens with one attached hydrogen (secondary N) is 2. The zero-order chi connectivity index (χ0) is 20.6. The third-order valence-electron chi connectivity index (χ3n) is 3.81. The van der Waals surface area contributed by atoms with Crippen LogP contribution in [0.4, 0.5) is 17.3 Å². The van der Waals surface area contributed by atoms with Crippen molar-refractivity contribution in [2.45, 2.75) is 26.9 Å². The molecule has 7 heteroatoms. The van der Waals surface area contributed by atoms with Crippen molar-refractivity contribution in [2.24, 2.45) is 0 Å². The van der Waals surface area contributed by atoms with Crippen LogP contribution in [0.25, 0.3) is 0 Å². The normalized spacial score (nSPS) is 10.5. The maximum Gasteiger partial charge on any atom is 0.274 e. The Morgan fingerprint density at radius 3 is 2.55 bits per heavy atom. The third-order valence-corrected chi connectivity index (χ3v) is 3.81. The van der Waals surface area contributed by atoms with Gasteiger partial charge in [-0.3, -0.25) is 4.79 Å². The van der Waals surface area contributed by atoms with Crippen LogP contribution in [0.5, 0.6) is 11.5 Å². The van der Waals surface area contributed by atoms with Gasteiger partial charge in [-0.15, -0.1) is 0 Å².